The van der Waals surface area contributed by atoms with Gasteiger partial charge in [0.15, 0.2) is 0 Å². The molecule has 0 aliphatic heterocycles. The maximum absolute atomic E-state index is 12.3. The third-order valence-corrected chi connectivity index (χ3v) is 4.73. The lowest BCUT2D eigenvalue weighted by Crippen LogP contribution is -2.18. The summed E-state index contributed by atoms with van der Waals surface area (Å²) in [5.74, 6) is -0.123. The fourth-order valence-electron chi connectivity index (χ4n) is 2.16. The summed E-state index contributed by atoms with van der Waals surface area (Å²) in [6.45, 7) is 1.95. The third kappa shape index (κ3) is 3.52. The Kier molecular flexibility index (Phi) is 4.18. The Morgan fingerprint density at radius 2 is 1.67 bits per heavy atom. The van der Waals surface area contributed by atoms with E-state index in [1.807, 2.05) is 31.2 Å². The van der Waals surface area contributed by atoms with Gasteiger partial charge in [-0.2, -0.15) is 0 Å². The highest BCUT2D eigenvalue weighted by Gasteiger charge is 2.15. The van der Waals surface area contributed by atoms with Crippen molar-refractivity contribution in [3.63, 3.8) is 0 Å². The van der Waals surface area contributed by atoms with E-state index in [0.29, 0.717) is 5.69 Å². The molecule has 0 aliphatic carbocycles. The molecule has 7 heteroatoms. The number of anilines is 1. The molecule has 0 fully saturated rings. The molecule has 24 heavy (non-hydrogen) atoms. The third-order valence-electron chi connectivity index (χ3n) is 3.37. The predicted octanol–water partition coefficient (Wildman–Crippen LogP) is 2.55. The zero-order valence-corrected chi connectivity index (χ0v) is 13.7. The normalized spacial score (nSPS) is 11.2. The monoisotopic (exact) mass is 341 g/mol. The molecule has 2 N–H and O–H groups in total. The number of benzene rings is 2. The number of H-pyrrole nitrogens is 1. The molecule has 2 aromatic carbocycles. The molecule has 0 unspecified atom stereocenters. The van der Waals surface area contributed by atoms with Gasteiger partial charge in [-0.15, -0.1) is 0 Å². The first-order valence-corrected chi connectivity index (χ1v) is 8.69. The SMILES string of the molecule is Cc1ccc(-c2cc(=O)[nH]c(NS(=O)(=O)c3ccccc3)n2)cc1. The van der Waals surface area contributed by atoms with Crippen LogP contribution >= 0.6 is 0 Å². The molecule has 0 saturated carbocycles. The fraction of sp³-hybridized carbons (Fsp3) is 0.0588. The van der Waals surface area contributed by atoms with Gasteiger partial charge in [0.1, 0.15) is 0 Å². The molecule has 1 heterocycles. The van der Waals surface area contributed by atoms with Gasteiger partial charge in [-0.25, -0.2) is 18.1 Å². The molecule has 3 rings (SSSR count). The summed E-state index contributed by atoms with van der Waals surface area (Å²) in [5.41, 5.74) is 1.76. The molecular formula is C17H15N3O3S. The number of hydrogen-bond donors (Lipinski definition) is 2. The summed E-state index contributed by atoms with van der Waals surface area (Å²) in [5, 5.41) is 0. The maximum Gasteiger partial charge on any atom is 0.264 e. The number of rotatable bonds is 4. The van der Waals surface area contributed by atoms with Gasteiger partial charge in [0.2, 0.25) is 5.95 Å². The van der Waals surface area contributed by atoms with Crippen LogP contribution in [-0.2, 0) is 10.0 Å². The molecule has 3 aromatic rings. The summed E-state index contributed by atoms with van der Waals surface area (Å²) in [7, 11) is -3.82. The van der Waals surface area contributed by atoms with Crippen molar-refractivity contribution in [3.05, 3.63) is 76.6 Å². The minimum atomic E-state index is -3.82. The van der Waals surface area contributed by atoms with E-state index in [9.17, 15) is 13.2 Å². The van der Waals surface area contributed by atoms with E-state index < -0.39 is 15.6 Å². The Hall–Kier alpha value is -2.93. The van der Waals surface area contributed by atoms with E-state index in [4.69, 9.17) is 0 Å². The topological polar surface area (TPSA) is 91.9 Å². The highest BCUT2D eigenvalue weighted by atomic mass is 32.2. The van der Waals surface area contributed by atoms with Crippen LogP contribution in [0.4, 0.5) is 5.95 Å². The number of nitrogens with one attached hydrogen (secondary N) is 2. The summed E-state index contributed by atoms with van der Waals surface area (Å²) in [4.78, 5) is 18.5. The molecule has 0 saturated heterocycles. The molecule has 0 bridgehead atoms. The van der Waals surface area contributed by atoms with Crippen molar-refractivity contribution in [2.75, 3.05) is 4.72 Å². The molecular weight excluding hydrogens is 326 g/mol. The number of aryl methyl sites for hydroxylation is 1. The van der Waals surface area contributed by atoms with Crippen molar-refractivity contribution < 1.29 is 8.42 Å². The van der Waals surface area contributed by atoms with Gasteiger partial charge in [0.05, 0.1) is 10.6 Å². The van der Waals surface area contributed by atoms with Crippen molar-refractivity contribution in [3.8, 4) is 11.3 Å². The highest BCUT2D eigenvalue weighted by Crippen LogP contribution is 2.18. The Labute approximate surface area is 139 Å². The van der Waals surface area contributed by atoms with Crippen LogP contribution in [0, 0.1) is 6.92 Å². The van der Waals surface area contributed by atoms with Gasteiger partial charge in [-0.1, -0.05) is 48.0 Å². The molecule has 122 valence electrons. The van der Waals surface area contributed by atoms with Crippen LogP contribution in [0.5, 0.6) is 0 Å². The van der Waals surface area contributed by atoms with Crippen LogP contribution in [0.3, 0.4) is 0 Å². The summed E-state index contributed by atoms with van der Waals surface area (Å²) in [6, 6.07) is 16.6. The Bertz CT molecular complexity index is 1010. The van der Waals surface area contributed by atoms with Crippen molar-refractivity contribution >= 4 is 16.0 Å². The average molecular weight is 341 g/mol. The Morgan fingerprint density at radius 3 is 2.33 bits per heavy atom. The molecule has 6 nitrogen and oxygen atoms in total. The van der Waals surface area contributed by atoms with Crippen molar-refractivity contribution in [1.29, 1.82) is 0 Å². The van der Waals surface area contributed by atoms with E-state index in [-0.39, 0.29) is 10.8 Å². The molecule has 1 aromatic heterocycles. The van der Waals surface area contributed by atoms with E-state index in [2.05, 4.69) is 14.7 Å². The van der Waals surface area contributed by atoms with E-state index in [1.165, 1.54) is 18.2 Å². The van der Waals surface area contributed by atoms with Gasteiger partial charge in [0.25, 0.3) is 15.6 Å². The first kappa shape index (κ1) is 15.9. The standard InChI is InChI=1S/C17H15N3O3S/c1-12-7-9-13(10-8-12)15-11-16(21)19-17(18-15)20-24(22,23)14-5-3-2-4-6-14/h2-11H,1H3,(H2,18,19,20,21). The smallest absolute Gasteiger partial charge is 0.264 e. The largest absolute Gasteiger partial charge is 0.292 e. The van der Waals surface area contributed by atoms with Crippen molar-refractivity contribution in [2.45, 2.75) is 11.8 Å². The number of hydrogen-bond acceptors (Lipinski definition) is 4. The molecule has 0 aliphatic rings. The lowest BCUT2D eigenvalue weighted by molar-refractivity contribution is 0.601. The van der Waals surface area contributed by atoms with Gasteiger partial charge in [-0.05, 0) is 19.1 Å². The predicted molar refractivity (Wildman–Crippen MR) is 92.3 cm³/mol. The number of nitrogens with zero attached hydrogens (tertiary/aromatic N) is 1. The number of aromatic amines is 1. The summed E-state index contributed by atoms with van der Waals surface area (Å²) in [6.07, 6.45) is 0. The molecule has 0 spiro atoms. The second kappa shape index (κ2) is 6.29. The molecule has 0 amide bonds. The second-order valence-corrected chi connectivity index (χ2v) is 6.95. The van der Waals surface area contributed by atoms with E-state index in [1.54, 1.807) is 18.2 Å². The van der Waals surface area contributed by atoms with Gasteiger partial charge in [0, 0.05) is 11.6 Å². The number of aromatic nitrogens is 2. The summed E-state index contributed by atoms with van der Waals surface area (Å²) >= 11 is 0. The Balaban J connectivity index is 1.98. The average Bonchev–Trinajstić information content (AvgIpc) is 2.55. The number of sulfonamides is 1. The molecule has 0 atom stereocenters. The maximum atomic E-state index is 12.3. The minimum Gasteiger partial charge on any atom is -0.292 e. The highest BCUT2D eigenvalue weighted by molar-refractivity contribution is 7.92. The zero-order valence-electron chi connectivity index (χ0n) is 12.9. The lowest BCUT2D eigenvalue weighted by atomic mass is 10.1. The van der Waals surface area contributed by atoms with Crippen LogP contribution in [-0.4, -0.2) is 18.4 Å². The lowest BCUT2D eigenvalue weighted by Gasteiger charge is -2.08. The van der Waals surface area contributed by atoms with Crippen molar-refractivity contribution in [1.82, 2.24) is 9.97 Å². The fourth-order valence-corrected chi connectivity index (χ4v) is 3.15. The van der Waals surface area contributed by atoms with Crippen LogP contribution in [0.25, 0.3) is 11.3 Å². The van der Waals surface area contributed by atoms with Gasteiger partial charge in [-0.3, -0.25) is 9.78 Å². The molecule has 0 radical (unpaired) electrons. The van der Waals surface area contributed by atoms with Gasteiger partial charge >= 0.3 is 0 Å². The first-order valence-electron chi connectivity index (χ1n) is 7.20. The van der Waals surface area contributed by atoms with Crippen LogP contribution < -0.4 is 10.3 Å². The zero-order chi connectivity index (χ0) is 17.2. The first-order chi connectivity index (χ1) is 11.4. The van der Waals surface area contributed by atoms with E-state index >= 15 is 0 Å². The minimum absolute atomic E-state index is 0.0911. The van der Waals surface area contributed by atoms with Crippen molar-refractivity contribution in [2.24, 2.45) is 0 Å². The van der Waals surface area contributed by atoms with Gasteiger partial charge < -0.3 is 0 Å². The Morgan fingerprint density at radius 1 is 1.00 bits per heavy atom. The van der Waals surface area contributed by atoms with E-state index in [0.717, 1.165) is 11.1 Å². The van der Waals surface area contributed by atoms with Crippen LogP contribution in [0.1, 0.15) is 5.56 Å². The van der Waals surface area contributed by atoms with Crippen LogP contribution in [0.15, 0.2) is 70.4 Å². The second-order valence-electron chi connectivity index (χ2n) is 5.26. The van der Waals surface area contributed by atoms with Crippen LogP contribution in [0.2, 0.25) is 0 Å². The summed E-state index contributed by atoms with van der Waals surface area (Å²) < 4.78 is 27.0. The quantitative estimate of drug-likeness (QED) is 0.763.